The maximum absolute atomic E-state index is 11.5. The van der Waals surface area contributed by atoms with Gasteiger partial charge in [-0.1, -0.05) is 29.3 Å². The smallest absolute Gasteiger partial charge is 0.303 e. The topological polar surface area (TPSA) is 75.6 Å². The summed E-state index contributed by atoms with van der Waals surface area (Å²) in [7, 11) is 0. The molecule has 1 aromatic carbocycles. The highest BCUT2D eigenvalue weighted by Gasteiger charge is 2.04. The van der Waals surface area contributed by atoms with Gasteiger partial charge in [0.1, 0.15) is 0 Å². The van der Waals surface area contributed by atoms with Gasteiger partial charge in [0.15, 0.2) is 0 Å². The number of carboxylic acid groups (broad SMARTS) is 1. The second kappa shape index (κ2) is 10.4. The normalized spacial score (nSPS) is 10.5. The monoisotopic (exact) mass is 347 g/mol. The molecule has 0 saturated heterocycles. The van der Waals surface area contributed by atoms with Crippen LogP contribution in [-0.4, -0.2) is 30.1 Å². The lowest BCUT2D eigenvalue weighted by molar-refractivity contribution is -0.137. The van der Waals surface area contributed by atoms with Crippen LogP contribution in [0.25, 0.3) is 0 Å². The standard InChI is InChI=1S/C15H19Cl2NO4/c16-12-6-5-11(13(17)9-12)10-22-8-7-18-14(19)3-1-2-4-15(20)21/h5-6,9H,1-4,7-8,10H2,(H,18,19)(H,20,21). The number of aliphatic carboxylic acids is 1. The Kier molecular flexibility index (Phi) is 8.89. The average molecular weight is 348 g/mol. The molecule has 1 rings (SSSR count). The predicted molar refractivity (Wildman–Crippen MR) is 85.2 cm³/mol. The van der Waals surface area contributed by atoms with Gasteiger partial charge in [0, 0.05) is 29.4 Å². The molecule has 22 heavy (non-hydrogen) atoms. The lowest BCUT2D eigenvalue weighted by atomic mass is 10.2. The number of hydrogen-bond acceptors (Lipinski definition) is 3. The summed E-state index contributed by atoms with van der Waals surface area (Å²) in [6.07, 6.45) is 1.50. The summed E-state index contributed by atoms with van der Waals surface area (Å²) in [6, 6.07) is 5.19. The van der Waals surface area contributed by atoms with Gasteiger partial charge in [0.25, 0.3) is 0 Å². The van der Waals surface area contributed by atoms with Gasteiger partial charge in [-0.25, -0.2) is 0 Å². The fourth-order valence-corrected chi connectivity index (χ4v) is 2.20. The number of carbonyl (C=O) groups is 2. The Morgan fingerprint density at radius 3 is 2.59 bits per heavy atom. The van der Waals surface area contributed by atoms with E-state index in [2.05, 4.69) is 5.32 Å². The molecule has 1 aromatic rings. The Labute approximate surface area is 139 Å². The molecule has 0 unspecified atom stereocenters. The number of carbonyl (C=O) groups excluding carboxylic acids is 1. The number of amides is 1. The highest BCUT2D eigenvalue weighted by atomic mass is 35.5. The first-order valence-corrected chi connectivity index (χ1v) is 7.75. The second-order valence-electron chi connectivity index (χ2n) is 4.74. The fourth-order valence-electron chi connectivity index (χ4n) is 1.73. The molecule has 122 valence electrons. The highest BCUT2D eigenvalue weighted by Crippen LogP contribution is 2.21. The Balaban J connectivity index is 2.07. The molecule has 0 aromatic heterocycles. The quantitative estimate of drug-likeness (QED) is 0.637. The van der Waals surface area contributed by atoms with E-state index in [1.807, 2.05) is 0 Å². The lowest BCUT2D eigenvalue weighted by Crippen LogP contribution is -2.26. The van der Waals surface area contributed by atoms with Crippen molar-refractivity contribution >= 4 is 35.1 Å². The van der Waals surface area contributed by atoms with Gasteiger partial charge in [-0.3, -0.25) is 9.59 Å². The van der Waals surface area contributed by atoms with Gasteiger partial charge >= 0.3 is 5.97 Å². The van der Waals surface area contributed by atoms with Crippen molar-refractivity contribution in [3.05, 3.63) is 33.8 Å². The second-order valence-corrected chi connectivity index (χ2v) is 5.58. The van der Waals surface area contributed by atoms with Crippen LogP contribution in [0.5, 0.6) is 0 Å². The van der Waals surface area contributed by atoms with Crippen molar-refractivity contribution in [1.29, 1.82) is 0 Å². The molecule has 0 bridgehead atoms. The van der Waals surface area contributed by atoms with E-state index in [0.29, 0.717) is 49.1 Å². The minimum absolute atomic E-state index is 0.0955. The summed E-state index contributed by atoms with van der Waals surface area (Å²) < 4.78 is 5.43. The molecule has 2 N–H and O–H groups in total. The molecule has 0 aliphatic carbocycles. The number of hydrogen-bond donors (Lipinski definition) is 2. The first-order valence-electron chi connectivity index (χ1n) is 6.99. The summed E-state index contributed by atoms with van der Waals surface area (Å²) in [4.78, 5) is 21.8. The third-order valence-corrected chi connectivity index (χ3v) is 3.47. The van der Waals surface area contributed by atoms with Gasteiger partial charge in [0.2, 0.25) is 5.91 Å². The summed E-state index contributed by atoms with van der Waals surface area (Å²) in [5, 5.41) is 12.3. The molecule has 0 fully saturated rings. The van der Waals surface area contributed by atoms with E-state index in [-0.39, 0.29) is 12.3 Å². The van der Waals surface area contributed by atoms with Crippen molar-refractivity contribution in [2.24, 2.45) is 0 Å². The molecule has 0 spiro atoms. The summed E-state index contributed by atoms with van der Waals surface area (Å²) in [5.41, 5.74) is 0.839. The molecule has 7 heteroatoms. The zero-order valence-electron chi connectivity index (χ0n) is 12.1. The van der Waals surface area contributed by atoms with Crippen LogP contribution in [0.3, 0.4) is 0 Å². The van der Waals surface area contributed by atoms with Crippen LogP contribution < -0.4 is 5.32 Å². The highest BCUT2D eigenvalue weighted by molar-refractivity contribution is 6.35. The van der Waals surface area contributed by atoms with Crippen LogP contribution in [-0.2, 0) is 20.9 Å². The van der Waals surface area contributed by atoms with Crippen LogP contribution in [0, 0.1) is 0 Å². The summed E-state index contributed by atoms with van der Waals surface area (Å²) >= 11 is 11.8. The predicted octanol–water partition coefficient (Wildman–Crippen LogP) is 3.27. The molecule has 0 aliphatic rings. The van der Waals surface area contributed by atoms with E-state index >= 15 is 0 Å². The third-order valence-electron chi connectivity index (χ3n) is 2.89. The number of halogens is 2. The number of benzene rings is 1. The Morgan fingerprint density at radius 2 is 1.91 bits per heavy atom. The van der Waals surface area contributed by atoms with Crippen molar-refractivity contribution in [2.45, 2.75) is 32.3 Å². The van der Waals surface area contributed by atoms with Crippen LogP contribution in [0.15, 0.2) is 18.2 Å². The number of carboxylic acids is 1. The van der Waals surface area contributed by atoms with E-state index < -0.39 is 5.97 Å². The van der Waals surface area contributed by atoms with Crippen LogP contribution in [0.1, 0.15) is 31.2 Å². The zero-order valence-corrected chi connectivity index (χ0v) is 13.6. The van der Waals surface area contributed by atoms with E-state index in [0.717, 1.165) is 5.56 Å². The number of ether oxygens (including phenoxy) is 1. The van der Waals surface area contributed by atoms with Crippen LogP contribution >= 0.6 is 23.2 Å². The molecule has 0 aliphatic heterocycles. The molecular weight excluding hydrogens is 329 g/mol. The Hall–Kier alpha value is -1.30. The first kappa shape index (κ1) is 18.7. The van der Waals surface area contributed by atoms with Gasteiger partial charge in [0.05, 0.1) is 13.2 Å². The summed E-state index contributed by atoms with van der Waals surface area (Å²) in [5.74, 6) is -0.937. The maximum Gasteiger partial charge on any atom is 0.303 e. The van der Waals surface area contributed by atoms with Crippen molar-refractivity contribution in [1.82, 2.24) is 5.32 Å². The van der Waals surface area contributed by atoms with Gasteiger partial charge in [-0.15, -0.1) is 0 Å². The number of unbranched alkanes of at least 4 members (excludes halogenated alkanes) is 1. The van der Waals surface area contributed by atoms with Crippen molar-refractivity contribution in [3.63, 3.8) is 0 Å². The van der Waals surface area contributed by atoms with E-state index in [1.54, 1.807) is 18.2 Å². The van der Waals surface area contributed by atoms with Crippen LogP contribution in [0.4, 0.5) is 0 Å². The molecule has 1 amide bonds. The molecule has 0 saturated carbocycles. The fraction of sp³-hybridized carbons (Fsp3) is 0.467. The minimum atomic E-state index is -0.838. The summed E-state index contributed by atoms with van der Waals surface area (Å²) in [6.45, 7) is 1.13. The number of rotatable bonds is 10. The zero-order chi connectivity index (χ0) is 16.4. The Bertz CT molecular complexity index is 508. The van der Waals surface area contributed by atoms with Gasteiger partial charge in [-0.05, 0) is 30.5 Å². The maximum atomic E-state index is 11.5. The van der Waals surface area contributed by atoms with Crippen molar-refractivity contribution < 1.29 is 19.4 Å². The molecule has 0 radical (unpaired) electrons. The SMILES string of the molecule is O=C(O)CCCCC(=O)NCCOCc1ccc(Cl)cc1Cl. The molecule has 0 atom stereocenters. The van der Waals surface area contributed by atoms with E-state index in [9.17, 15) is 9.59 Å². The lowest BCUT2D eigenvalue weighted by Gasteiger charge is -2.08. The Morgan fingerprint density at radius 1 is 1.18 bits per heavy atom. The molecule has 5 nitrogen and oxygen atoms in total. The van der Waals surface area contributed by atoms with Gasteiger partial charge < -0.3 is 15.2 Å². The van der Waals surface area contributed by atoms with Gasteiger partial charge in [-0.2, -0.15) is 0 Å². The average Bonchev–Trinajstić information content (AvgIpc) is 2.45. The largest absolute Gasteiger partial charge is 0.481 e. The van der Waals surface area contributed by atoms with Crippen molar-refractivity contribution in [2.75, 3.05) is 13.2 Å². The third kappa shape index (κ3) is 8.22. The number of nitrogens with one attached hydrogen (secondary N) is 1. The molecule has 0 heterocycles. The van der Waals surface area contributed by atoms with E-state index in [4.69, 9.17) is 33.0 Å². The first-order chi connectivity index (χ1) is 10.5. The minimum Gasteiger partial charge on any atom is -0.481 e. The van der Waals surface area contributed by atoms with Crippen molar-refractivity contribution in [3.8, 4) is 0 Å². The van der Waals surface area contributed by atoms with Crippen LogP contribution in [0.2, 0.25) is 10.0 Å². The van der Waals surface area contributed by atoms with E-state index in [1.165, 1.54) is 0 Å². The molecular formula is C15H19Cl2NO4.